The molecule has 47 heavy (non-hydrogen) atoms. The van der Waals surface area contributed by atoms with E-state index in [9.17, 15) is 14.7 Å². The third-order valence-corrected chi connectivity index (χ3v) is 7.08. The van der Waals surface area contributed by atoms with E-state index in [1.54, 1.807) is 56.1 Å². The second-order valence-corrected chi connectivity index (χ2v) is 11.9. The number of hydrogen-bond acceptors (Lipinski definition) is 9. The number of amides is 2. The molecule has 2 N–H and O–H groups in total. The number of pyridine rings is 1. The number of carbonyl (C=O) groups excluding carboxylic acids is 1. The number of benzene rings is 2. The van der Waals surface area contributed by atoms with E-state index in [1.165, 1.54) is 18.3 Å². The predicted molar refractivity (Wildman–Crippen MR) is 171 cm³/mol. The van der Waals surface area contributed by atoms with Crippen LogP contribution in [0, 0.1) is 5.82 Å². The molecule has 1 aliphatic heterocycles. The number of piperidine rings is 1. The van der Waals surface area contributed by atoms with Gasteiger partial charge in [0.25, 0.3) is 0 Å². The van der Waals surface area contributed by atoms with E-state index < -0.39 is 17.5 Å². The molecule has 2 amide bonds. The van der Waals surface area contributed by atoms with Crippen molar-refractivity contribution in [3.05, 3.63) is 96.1 Å². The number of nitrogens with one attached hydrogen (secondary N) is 1. The molecule has 2 aromatic heterocycles. The van der Waals surface area contributed by atoms with Gasteiger partial charge in [-0.2, -0.15) is 5.06 Å². The van der Waals surface area contributed by atoms with Gasteiger partial charge in [0, 0.05) is 37.1 Å². The molecule has 0 spiro atoms. The minimum Gasteiger partial charge on any atom is -0.463 e. The molecule has 5 rings (SSSR count). The number of hydrogen-bond donors (Lipinski definition) is 2. The van der Waals surface area contributed by atoms with Crippen LogP contribution in [-0.2, 0) is 22.7 Å². The summed E-state index contributed by atoms with van der Waals surface area (Å²) in [5.41, 5.74) is 1.14. The van der Waals surface area contributed by atoms with Gasteiger partial charge < -0.3 is 24.8 Å². The molecule has 0 radical (unpaired) electrons. The van der Waals surface area contributed by atoms with Crippen LogP contribution < -0.4 is 10.1 Å². The molecular formula is C34H37FN6O6. The van der Waals surface area contributed by atoms with Crippen LogP contribution in [0.4, 0.5) is 19.9 Å². The van der Waals surface area contributed by atoms with Crippen LogP contribution in [0.2, 0.25) is 0 Å². The van der Waals surface area contributed by atoms with E-state index in [4.69, 9.17) is 14.3 Å². The SMILES string of the molecule is CC(C)(C)ON(Cc1cccc(Oc2ncccc2-c2ccnc(N[C@H]3CCCN(C(=O)OCc4ccccc4)C3)n2)c1F)C(=O)O. The fraction of sp³-hybridized carbons (Fsp3) is 0.324. The number of aromatic nitrogens is 3. The van der Waals surface area contributed by atoms with Crippen LogP contribution in [0.1, 0.15) is 44.7 Å². The lowest BCUT2D eigenvalue weighted by Gasteiger charge is -2.32. The van der Waals surface area contributed by atoms with Crippen molar-refractivity contribution in [1.29, 1.82) is 0 Å². The number of nitrogens with zero attached hydrogens (tertiary/aromatic N) is 5. The predicted octanol–water partition coefficient (Wildman–Crippen LogP) is 6.89. The second kappa shape index (κ2) is 14.9. The second-order valence-electron chi connectivity index (χ2n) is 11.9. The Balaban J connectivity index is 1.27. The number of rotatable bonds is 10. The highest BCUT2D eigenvalue weighted by molar-refractivity contribution is 5.68. The highest BCUT2D eigenvalue weighted by atomic mass is 19.1. The van der Waals surface area contributed by atoms with Crippen LogP contribution in [0.3, 0.4) is 0 Å². The smallest absolute Gasteiger partial charge is 0.431 e. The summed E-state index contributed by atoms with van der Waals surface area (Å²) in [4.78, 5) is 45.0. The normalized spacial score (nSPS) is 14.7. The van der Waals surface area contributed by atoms with E-state index in [0.717, 1.165) is 18.4 Å². The standard InChI is InChI=1S/C34H37FN6O6/c1-34(2,3)47-41(32(42)43)20-24-12-7-15-28(29(24)35)46-30-26(14-8-17-36-30)27-16-18-37-31(39-27)38-25-13-9-19-40(21-25)33(44)45-22-23-10-5-4-6-11-23/h4-8,10-12,14-18,25H,9,13,19-22H2,1-3H3,(H,42,43)(H,37,38,39)/t25-/m0/s1. The zero-order valence-corrected chi connectivity index (χ0v) is 26.4. The molecule has 0 unspecified atom stereocenters. The lowest BCUT2D eigenvalue weighted by molar-refractivity contribution is -0.208. The summed E-state index contributed by atoms with van der Waals surface area (Å²) in [7, 11) is 0. The number of anilines is 1. The zero-order chi connectivity index (χ0) is 33.4. The molecule has 0 aliphatic carbocycles. The average Bonchev–Trinajstić information content (AvgIpc) is 3.05. The molecule has 2 aromatic carbocycles. The third-order valence-electron chi connectivity index (χ3n) is 7.08. The largest absolute Gasteiger partial charge is 0.463 e. The van der Waals surface area contributed by atoms with Crippen molar-refractivity contribution < 1.29 is 33.4 Å². The molecule has 1 saturated heterocycles. The number of ether oxygens (including phenoxy) is 2. The Labute approximate surface area is 272 Å². The van der Waals surface area contributed by atoms with E-state index in [2.05, 4.69) is 20.3 Å². The zero-order valence-electron chi connectivity index (χ0n) is 26.4. The van der Waals surface area contributed by atoms with Gasteiger partial charge in [0.05, 0.1) is 23.4 Å². The molecule has 4 aromatic rings. The van der Waals surface area contributed by atoms with Crippen molar-refractivity contribution in [2.45, 2.75) is 58.4 Å². The first-order valence-electron chi connectivity index (χ1n) is 15.2. The van der Waals surface area contributed by atoms with Crippen molar-refractivity contribution in [2.75, 3.05) is 18.4 Å². The van der Waals surface area contributed by atoms with Crippen LogP contribution in [0.15, 0.2) is 79.1 Å². The molecule has 246 valence electrons. The molecule has 3 heterocycles. The Morgan fingerprint density at radius 2 is 1.85 bits per heavy atom. The van der Waals surface area contributed by atoms with Gasteiger partial charge in [-0.1, -0.05) is 42.5 Å². The van der Waals surface area contributed by atoms with Crippen LogP contribution in [0.5, 0.6) is 11.6 Å². The quantitative estimate of drug-likeness (QED) is 0.175. The van der Waals surface area contributed by atoms with Crippen molar-refractivity contribution in [3.63, 3.8) is 0 Å². The van der Waals surface area contributed by atoms with Crippen molar-refractivity contribution >= 4 is 18.1 Å². The highest BCUT2D eigenvalue weighted by Gasteiger charge is 2.26. The number of likely N-dealkylation sites (tertiary alicyclic amines) is 1. The van der Waals surface area contributed by atoms with Gasteiger partial charge in [-0.3, -0.25) is 4.84 Å². The van der Waals surface area contributed by atoms with Crippen LogP contribution in [0.25, 0.3) is 11.3 Å². The highest BCUT2D eigenvalue weighted by Crippen LogP contribution is 2.33. The maximum absolute atomic E-state index is 15.6. The first-order chi connectivity index (χ1) is 22.6. The Bertz CT molecular complexity index is 1690. The number of hydroxylamine groups is 2. The number of carbonyl (C=O) groups is 2. The molecule has 0 bridgehead atoms. The minimum absolute atomic E-state index is 0.0608. The fourth-order valence-electron chi connectivity index (χ4n) is 4.98. The van der Waals surface area contributed by atoms with Gasteiger partial charge in [0.2, 0.25) is 11.8 Å². The average molecular weight is 645 g/mol. The van der Waals surface area contributed by atoms with Crippen molar-refractivity contribution in [3.8, 4) is 22.9 Å². The Morgan fingerprint density at radius 3 is 2.62 bits per heavy atom. The third kappa shape index (κ3) is 9.13. The summed E-state index contributed by atoms with van der Waals surface area (Å²) in [6.07, 6.45) is 2.98. The van der Waals surface area contributed by atoms with Gasteiger partial charge in [-0.05, 0) is 63.4 Å². The monoisotopic (exact) mass is 644 g/mol. The molecule has 13 heteroatoms. The summed E-state index contributed by atoms with van der Waals surface area (Å²) in [5, 5.41) is 13.6. The maximum atomic E-state index is 15.6. The summed E-state index contributed by atoms with van der Waals surface area (Å²) >= 11 is 0. The summed E-state index contributed by atoms with van der Waals surface area (Å²) in [6.45, 7) is 5.97. The molecule has 1 aliphatic rings. The topological polar surface area (TPSA) is 139 Å². The molecule has 0 saturated carbocycles. The Morgan fingerprint density at radius 1 is 1.04 bits per heavy atom. The Hall–Kier alpha value is -5.30. The van der Waals surface area contributed by atoms with Gasteiger partial charge >= 0.3 is 12.2 Å². The number of carboxylic acid groups (broad SMARTS) is 1. The van der Waals surface area contributed by atoms with Crippen LogP contribution in [-0.4, -0.2) is 66.9 Å². The van der Waals surface area contributed by atoms with Gasteiger partial charge in [-0.25, -0.2) is 28.9 Å². The molecule has 1 atom stereocenters. The fourth-order valence-corrected chi connectivity index (χ4v) is 4.98. The summed E-state index contributed by atoms with van der Waals surface area (Å²) < 4.78 is 27.0. The maximum Gasteiger partial charge on any atom is 0.431 e. The molecule has 1 fully saturated rings. The molecular weight excluding hydrogens is 607 g/mol. The van der Waals surface area contributed by atoms with Crippen LogP contribution >= 0.6 is 0 Å². The lowest BCUT2D eigenvalue weighted by Crippen LogP contribution is -2.45. The Kier molecular flexibility index (Phi) is 10.5. The molecule has 12 nitrogen and oxygen atoms in total. The summed E-state index contributed by atoms with van der Waals surface area (Å²) in [6, 6.07) is 19.0. The van der Waals surface area contributed by atoms with Gasteiger partial charge in [-0.15, -0.1) is 0 Å². The van der Waals surface area contributed by atoms with E-state index >= 15 is 4.39 Å². The van der Waals surface area contributed by atoms with Gasteiger partial charge in [0.15, 0.2) is 11.6 Å². The summed E-state index contributed by atoms with van der Waals surface area (Å²) in [5.74, 6) is -0.443. The van der Waals surface area contributed by atoms with E-state index in [-0.39, 0.29) is 42.5 Å². The first kappa shape index (κ1) is 33.1. The lowest BCUT2D eigenvalue weighted by atomic mass is 10.1. The minimum atomic E-state index is -1.35. The van der Waals surface area contributed by atoms with Crippen molar-refractivity contribution in [1.82, 2.24) is 24.9 Å². The van der Waals surface area contributed by atoms with Gasteiger partial charge in [0.1, 0.15) is 6.61 Å². The first-order valence-corrected chi connectivity index (χ1v) is 15.2. The van der Waals surface area contributed by atoms with E-state index in [1.807, 2.05) is 30.3 Å². The van der Waals surface area contributed by atoms with E-state index in [0.29, 0.717) is 35.4 Å². The number of halogens is 1. The van der Waals surface area contributed by atoms with Crippen molar-refractivity contribution in [2.24, 2.45) is 0 Å².